The summed E-state index contributed by atoms with van der Waals surface area (Å²) in [7, 11) is 0. The van der Waals surface area contributed by atoms with E-state index >= 15 is 0 Å². The average Bonchev–Trinajstić information content (AvgIpc) is 3.91. The van der Waals surface area contributed by atoms with Crippen LogP contribution in [0.1, 0.15) is 86.5 Å². The second-order valence-electron chi connectivity index (χ2n) is 15.9. The predicted molar refractivity (Wildman–Crippen MR) is 281 cm³/mol. The minimum Gasteiger partial charge on any atom is -0.481 e. The molecule has 0 aliphatic carbocycles. The van der Waals surface area contributed by atoms with Crippen LogP contribution in [0, 0.1) is 11.8 Å². The van der Waals surface area contributed by atoms with Gasteiger partial charge in [-0.1, -0.05) is 34.1 Å². The molecule has 11 atom stereocenters. The van der Waals surface area contributed by atoms with Gasteiger partial charge in [0.05, 0.1) is 25.7 Å². The lowest BCUT2D eigenvalue weighted by molar-refractivity contribution is -0.144. The molecule has 33 N–H and O–H groups in total. The molecule has 1 fully saturated rings. The van der Waals surface area contributed by atoms with Gasteiger partial charge in [-0.3, -0.25) is 57.5 Å². The van der Waals surface area contributed by atoms with Crippen LogP contribution in [-0.4, -0.2) is 235 Å². The minimum atomic E-state index is -1.29. The largest absolute Gasteiger partial charge is 0.481 e. The number of rotatable bonds is 23. The van der Waals surface area contributed by atoms with Crippen LogP contribution >= 0.6 is 11.8 Å². The first-order chi connectivity index (χ1) is 35.9. The summed E-state index contributed by atoms with van der Waals surface area (Å²) in [6.45, 7) is 10.1. The van der Waals surface area contributed by atoms with Gasteiger partial charge in [0, 0.05) is 6.42 Å². The lowest BCUT2D eigenvalue weighted by Gasteiger charge is -2.11. The van der Waals surface area contributed by atoms with E-state index < -0.39 is 139 Å². The molecule has 10 unspecified atom stereocenters. The second kappa shape index (κ2) is 57.7. The molecule has 1 saturated heterocycles. The summed E-state index contributed by atoms with van der Waals surface area (Å²) in [6.07, 6.45) is 3.34. The summed E-state index contributed by atoms with van der Waals surface area (Å²) in [4.78, 5) is 118. The fraction of sp³-hybridized carbons (Fsp3) is 0.714. The Morgan fingerprint density at radius 3 is 1.03 bits per heavy atom. The lowest BCUT2D eigenvalue weighted by Crippen LogP contribution is -2.39. The number of carbonyl (C=O) groups is 12. The highest BCUT2D eigenvalue weighted by Crippen LogP contribution is 2.05. The summed E-state index contributed by atoms with van der Waals surface area (Å²) >= 11 is 1.60. The van der Waals surface area contributed by atoms with E-state index in [1.807, 2.05) is 20.1 Å². The number of aliphatic hydroxyl groups is 2. The van der Waals surface area contributed by atoms with E-state index in [9.17, 15) is 57.5 Å². The van der Waals surface area contributed by atoms with Crippen molar-refractivity contribution >= 4 is 83.4 Å². The first-order valence-corrected chi connectivity index (χ1v) is 24.2. The highest BCUT2D eigenvalue weighted by atomic mass is 32.2. The number of carboxylic acid groups (broad SMARTS) is 12. The van der Waals surface area contributed by atoms with E-state index in [-0.39, 0.29) is 37.3 Å². The summed E-state index contributed by atoms with van der Waals surface area (Å²) in [5.41, 5.74) is 44.5. The van der Waals surface area contributed by atoms with Crippen molar-refractivity contribution < 1.29 is 129 Å². The van der Waals surface area contributed by atoms with Crippen LogP contribution in [0.15, 0.2) is 0 Å². The van der Waals surface area contributed by atoms with Crippen molar-refractivity contribution in [1.29, 1.82) is 0 Å². The normalized spacial score (nSPS) is 15.2. The van der Waals surface area contributed by atoms with Gasteiger partial charge in [0.15, 0.2) is 0 Å². The third-order valence-electron chi connectivity index (χ3n) is 8.44. The lowest BCUT2D eigenvalue weighted by atomic mass is 10.0. The highest BCUT2D eigenvalue weighted by molar-refractivity contribution is 7.98. The van der Waals surface area contributed by atoms with Gasteiger partial charge in [-0.25, -0.2) is 0 Å². The van der Waals surface area contributed by atoms with E-state index in [0.29, 0.717) is 6.42 Å². The maximum atomic E-state index is 10.2. The number of thioether (sulfide) groups is 1. The van der Waals surface area contributed by atoms with Crippen LogP contribution in [0.4, 0.5) is 0 Å². The van der Waals surface area contributed by atoms with Crippen molar-refractivity contribution in [2.75, 3.05) is 31.7 Å². The number of hydrogen-bond acceptors (Lipinski definition) is 25. The molecule has 0 amide bonds. The molecule has 1 heterocycles. The molecular formula is C42H88N10O26S. The Morgan fingerprint density at radius 1 is 0.532 bits per heavy atom. The predicted octanol–water partition coefficient (Wildman–Crippen LogP) is -5.77. The van der Waals surface area contributed by atoms with Crippen LogP contribution in [-0.2, 0) is 57.5 Å². The molecule has 468 valence electrons. The topological polar surface area (TPSA) is 734 Å². The molecular weight excluding hydrogens is 1090 g/mol. The van der Waals surface area contributed by atoms with E-state index in [0.717, 1.165) is 31.6 Å². The number of hydrogen-bond donors (Lipinski definition) is 24. The van der Waals surface area contributed by atoms with Gasteiger partial charge < -0.3 is 128 Å². The molecule has 79 heavy (non-hydrogen) atoms. The smallest absolute Gasteiger partial charge is 0.323 e. The Balaban J connectivity index is -0.0000000989. The molecule has 0 aromatic heterocycles. The minimum absolute atomic E-state index is 0.0208. The summed E-state index contributed by atoms with van der Waals surface area (Å²) in [5, 5.41) is 116. The van der Waals surface area contributed by atoms with Gasteiger partial charge in [0.25, 0.3) is 0 Å². The number of carboxylic acids is 12. The van der Waals surface area contributed by atoms with Crippen LogP contribution in [0.5, 0.6) is 0 Å². The van der Waals surface area contributed by atoms with E-state index in [4.69, 9.17) is 117 Å². The van der Waals surface area contributed by atoms with Crippen molar-refractivity contribution in [2.24, 2.45) is 63.4 Å². The Bertz CT molecular complexity index is 1690. The zero-order valence-corrected chi connectivity index (χ0v) is 45.8. The van der Waals surface area contributed by atoms with Gasteiger partial charge in [-0.05, 0) is 69.9 Å². The van der Waals surface area contributed by atoms with Crippen molar-refractivity contribution in [3.8, 4) is 0 Å². The van der Waals surface area contributed by atoms with Gasteiger partial charge in [-0.2, -0.15) is 11.8 Å². The SMILES string of the molecule is CC(C)C(N)C(=O)O.CC(N)C(=O)O.CC(O)C(N)C(=O)O.CCC(C)C(N)C(=O)O.CSCCC(N)C(=O)O.NC(CC(=O)O)C(=O)O.NC(CCC(=O)O)C(=O)O.NC(CO)C(=O)O.NCC(=O)O.O=C(O)[C@@H]1CCCN1. The Morgan fingerprint density at radius 2 is 0.899 bits per heavy atom. The first kappa shape index (κ1) is 91.9. The number of aliphatic hydroxyl groups excluding tert-OH is 2. The third-order valence-corrected chi connectivity index (χ3v) is 9.08. The average molecular weight is 1180 g/mol. The molecule has 0 aromatic rings. The molecule has 1 rings (SSSR count). The maximum absolute atomic E-state index is 10.2. The fourth-order valence-electron chi connectivity index (χ4n) is 3.01. The maximum Gasteiger partial charge on any atom is 0.323 e. The quantitative estimate of drug-likeness (QED) is 0.0453. The van der Waals surface area contributed by atoms with Crippen molar-refractivity contribution in [2.45, 2.75) is 147 Å². The van der Waals surface area contributed by atoms with Crippen molar-refractivity contribution in [3.05, 3.63) is 0 Å². The molecule has 0 spiro atoms. The Kier molecular flexibility index (Phi) is 67.1. The molecule has 0 aromatic carbocycles. The first-order valence-electron chi connectivity index (χ1n) is 22.8. The zero-order valence-electron chi connectivity index (χ0n) is 45.0. The van der Waals surface area contributed by atoms with E-state index in [1.165, 1.54) is 13.8 Å². The summed E-state index contributed by atoms with van der Waals surface area (Å²) in [5.74, 6) is -11.6. The molecule has 0 saturated carbocycles. The monoisotopic (exact) mass is 1180 g/mol. The number of nitrogens with two attached hydrogens (primary N) is 9. The van der Waals surface area contributed by atoms with Crippen LogP contribution < -0.4 is 56.9 Å². The molecule has 0 bridgehead atoms. The van der Waals surface area contributed by atoms with Crippen LogP contribution in [0.25, 0.3) is 0 Å². The zero-order chi connectivity index (χ0) is 65.0. The van der Waals surface area contributed by atoms with Gasteiger partial charge >= 0.3 is 71.6 Å². The van der Waals surface area contributed by atoms with E-state index in [2.05, 4.69) is 11.1 Å². The van der Waals surface area contributed by atoms with Gasteiger partial charge in [0.2, 0.25) is 0 Å². The second-order valence-corrected chi connectivity index (χ2v) is 16.9. The molecule has 37 heteroatoms. The summed E-state index contributed by atoms with van der Waals surface area (Å²) in [6, 6.07) is -7.73. The van der Waals surface area contributed by atoms with Crippen LogP contribution in [0.2, 0.25) is 0 Å². The molecule has 36 nitrogen and oxygen atoms in total. The van der Waals surface area contributed by atoms with Gasteiger partial charge in [-0.15, -0.1) is 0 Å². The number of aliphatic carboxylic acids is 12. The third kappa shape index (κ3) is 75.8. The Hall–Kier alpha value is -6.49. The standard InChI is InChI=1S/C6H13NO2.C5H9NO4.C5H11NO2S.C5H9NO2.C5H11NO2.C4H7NO4.C4H9NO3.C3H7NO3.C3H7NO2.C2H5NO2/c1-3-4(2)5(7)6(8)9;6-3(5(9)10)1-2-4(7)8;1-9-3-2-4(6)5(7)8;7-5(8)4-2-1-3-6-4;1-3(2)4(6)5(7)8;5-2(4(8)9)1-3(6)7;1-2(6)3(5)4(7)8;4-2(1-5)3(6)7;1-2(4)3(5)6;3-1-2(4)5/h4-5H,3,7H2,1-2H3,(H,8,9);3H,1-2,6H2,(H,7,8)(H,9,10);4H,2-3,6H2,1H3,(H,7,8);4,6H,1-3H2,(H,7,8);3-4H,6H2,1-2H3,(H,7,8);2H,1,5H2,(H,6,7)(H,8,9);2-3,6H,5H2,1H3,(H,7,8);2,5H,1,4H2,(H,6,7);2H,4H2,1H3,(H,5,6);1,3H2,(H,4,5)/t;;;4-;;;;;;/m...0....../s1. The Labute approximate surface area is 459 Å². The molecule has 0 radical (unpaired) electrons. The van der Waals surface area contributed by atoms with E-state index in [1.54, 1.807) is 25.6 Å². The molecule has 1 aliphatic rings. The number of nitrogens with one attached hydrogen (secondary N) is 1. The fourth-order valence-corrected chi connectivity index (χ4v) is 3.50. The van der Waals surface area contributed by atoms with Crippen LogP contribution in [0.3, 0.4) is 0 Å². The van der Waals surface area contributed by atoms with Gasteiger partial charge in [0.1, 0.15) is 54.4 Å². The van der Waals surface area contributed by atoms with Crippen molar-refractivity contribution in [1.82, 2.24) is 5.32 Å². The highest BCUT2D eigenvalue weighted by Gasteiger charge is 2.21. The van der Waals surface area contributed by atoms with Crippen molar-refractivity contribution in [3.63, 3.8) is 0 Å². The summed E-state index contributed by atoms with van der Waals surface area (Å²) < 4.78 is 0. The molecule has 1 aliphatic heterocycles.